The number of anilines is 2. The molecule has 1 fully saturated rings. The molecule has 0 radical (unpaired) electrons. The first-order valence-electron chi connectivity index (χ1n) is 8.19. The largest absolute Gasteiger partial charge is 0.354 e. The molecule has 5 nitrogen and oxygen atoms in total. The van der Waals surface area contributed by atoms with Crippen LogP contribution >= 0.6 is 0 Å². The van der Waals surface area contributed by atoms with Gasteiger partial charge in [-0.1, -0.05) is 29.8 Å². The zero-order valence-electron chi connectivity index (χ0n) is 14.2. The Balaban J connectivity index is 1.68. The number of nitrogens with zero attached hydrogens (tertiary/aromatic N) is 4. The first-order chi connectivity index (χ1) is 11.1. The van der Waals surface area contributed by atoms with Crippen LogP contribution in [0.1, 0.15) is 16.8 Å². The maximum atomic E-state index is 4.70. The van der Waals surface area contributed by atoms with Gasteiger partial charge in [0, 0.05) is 44.5 Å². The molecule has 0 unspecified atom stereocenters. The van der Waals surface area contributed by atoms with Crippen molar-refractivity contribution in [3.63, 3.8) is 0 Å². The zero-order chi connectivity index (χ0) is 16.2. The number of hydrogen-bond acceptors (Lipinski definition) is 5. The maximum Gasteiger partial charge on any atom is 0.225 e. The molecule has 0 spiro atoms. The maximum absolute atomic E-state index is 4.70. The van der Waals surface area contributed by atoms with Crippen LogP contribution in [0.5, 0.6) is 0 Å². The van der Waals surface area contributed by atoms with Crippen molar-refractivity contribution in [2.24, 2.45) is 0 Å². The predicted octanol–water partition coefficient (Wildman–Crippen LogP) is 2.46. The Kier molecular flexibility index (Phi) is 4.76. The normalized spacial score (nSPS) is 15.7. The number of nitrogens with one attached hydrogen (secondary N) is 1. The Morgan fingerprint density at radius 3 is 2.39 bits per heavy atom. The van der Waals surface area contributed by atoms with Gasteiger partial charge < -0.3 is 15.1 Å². The Morgan fingerprint density at radius 1 is 1.00 bits per heavy atom. The van der Waals surface area contributed by atoms with E-state index in [9.17, 15) is 0 Å². The van der Waals surface area contributed by atoms with Gasteiger partial charge in [0.25, 0.3) is 0 Å². The molecule has 2 aromatic rings. The Labute approximate surface area is 138 Å². The highest BCUT2D eigenvalue weighted by molar-refractivity contribution is 5.45. The lowest BCUT2D eigenvalue weighted by atomic mass is 10.1. The van der Waals surface area contributed by atoms with E-state index in [1.165, 1.54) is 11.1 Å². The lowest BCUT2D eigenvalue weighted by Gasteiger charge is -2.33. The van der Waals surface area contributed by atoms with Gasteiger partial charge in [0.15, 0.2) is 0 Å². The monoisotopic (exact) mass is 311 g/mol. The van der Waals surface area contributed by atoms with E-state index in [0.717, 1.165) is 44.2 Å². The number of rotatable bonds is 4. The van der Waals surface area contributed by atoms with Crippen molar-refractivity contribution in [1.29, 1.82) is 0 Å². The molecule has 1 aliphatic rings. The first-order valence-corrected chi connectivity index (χ1v) is 8.19. The average Bonchev–Trinajstić information content (AvgIpc) is 2.54. The minimum atomic E-state index is 0.708. The molecule has 1 N–H and O–H groups in total. The van der Waals surface area contributed by atoms with Gasteiger partial charge in [-0.3, -0.25) is 0 Å². The molecule has 0 bridgehead atoms. The summed E-state index contributed by atoms with van der Waals surface area (Å²) in [7, 11) is 2.16. The van der Waals surface area contributed by atoms with Crippen molar-refractivity contribution < 1.29 is 0 Å². The van der Waals surface area contributed by atoms with Gasteiger partial charge in [0.1, 0.15) is 5.82 Å². The summed E-state index contributed by atoms with van der Waals surface area (Å²) >= 11 is 0. The van der Waals surface area contributed by atoms with E-state index in [1.807, 2.05) is 6.92 Å². The number of aromatic nitrogens is 2. The van der Waals surface area contributed by atoms with Crippen molar-refractivity contribution in [3.05, 3.63) is 47.2 Å². The summed E-state index contributed by atoms with van der Waals surface area (Å²) in [6.45, 7) is 9.06. The van der Waals surface area contributed by atoms with E-state index < -0.39 is 0 Å². The molecule has 3 rings (SSSR count). The smallest absolute Gasteiger partial charge is 0.225 e. The minimum absolute atomic E-state index is 0.708. The van der Waals surface area contributed by atoms with Crippen LogP contribution in [0.3, 0.4) is 0 Å². The summed E-state index contributed by atoms with van der Waals surface area (Å²) in [5.41, 5.74) is 3.51. The van der Waals surface area contributed by atoms with Crippen LogP contribution in [-0.4, -0.2) is 48.1 Å². The van der Waals surface area contributed by atoms with E-state index in [4.69, 9.17) is 4.98 Å². The van der Waals surface area contributed by atoms with Gasteiger partial charge in [-0.15, -0.1) is 0 Å². The first kappa shape index (κ1) is 15.7. The van der Waals surface area contributed by atoms with Crippen molar-refractivity contribution in [3.8, 4) is 0 Å². The van der Waals surface area contributed by atoms with Gasteiger partial charge in [-0.25, -0.2) is 4.98 Å². The molecule has 2 heterocycles. The van der Waals surface area contributed by atoms with Crippen molar-refractivity contribution in [2.75, 3.05) is 43.4 Å². The highest BCUT2D eigenvalue weighted by atomic mass is 15.3. The van der Waals surface area contributed by atoms with Crippen molar-refractivity contribution in [2.45, 2.75) is 20.4 Å². The summed E-state index contributed by atoms with van der Waals surface area (Å²) in [6.07, 6.45) is 0. The second kappa shape index (κ2) is 6.96. The number of aryl methyl sites for hydroxylation is 2. The van der Waals surface area contributed by atoms with Crippen LogP contribution in [-0.2, 0) is 6.54 Å². The topological polar surface area (TPSA) is 44.3 Å². The number of likely N-dealkylation sites (N-methyl/N-ethyl adjacent to an activating group) is 1. The van der Waals surface area contributed by atoms with E-state index in [-0.39, 0.29) is 0 Å². The lowest BCUT2D eigenvalue weighted by Crippen LogP contribution is -2.44. The van der Waals surface area contributed by atoms with E-state index >= 15 is 0 Å². The molecule has 23 heavy (non-hydrogen) atoms. The standard InChI is InChI=1S/C18H25N5/c1-14-4-6-16(7-5-14)13-19-18-20-15(2)12-17(21-18)23-10-8-22(3)9-11-23/h4-7,12H,8-11,13H2,1-3H3,(H,19,20,21). The lowest BCUT2D eigenvalue weighted by molar-refractivity contribution is 0.312. The van der Waals surface area contributed by atoms with Gasteiger partial charge in [0.2, 0.25) is 5.95 Å². The molecule has 5 heteroatoms. The summed E-state index contributed by atoms with van der Waals surface area (Å²) in [6, 6.07) is 10.6. The summed E-state index contributed by atoms with van der Waals surface area (Å²) in [5.74, 6) is 1.73. The molecule has 1 aromatic heterocycles. The average molecular weight is 311 g/mol. The van der Waals surface area contributed by atoms with Crippen LogP contribution in [0.2, 0.25) is 0 Å². The van der Waals surface area contributed by atoms with Gasteiger partial charge in [0.05, 0.1) is 0 Å². The Morgan fingerprint density at radius 2 is 1.70 bits per heavy atom. The Bertz CT molecular complexity index is 645. The molecule has 122 valence electrons. The summed E-state index contributed by atoms with van der Waals surface area (Å²) in [4.78, 5) is 13.9. The van der Waals surface area contributed by atoms with Crippen LogP contribution in [0.15, 0.2) is 30.3 Å². The third-order valence-corrected chi connectivity index (χ3v) is 4.24. The predicted molar refractivity (Wildman–Crippen MR) is 95.0 cm³/mol. The van der Waals surface area contributed by atoms with Gasteiger partial charge in [-0.05, 0) is 26.5 Å². The van der Waals surface area contributed by atoms with Crippen molar-refractivity contribution in [1.82, 2.24) is 14.9 Å². The summed E-state index contributed by atoms with van der Waals surface area (Å²) in [5, 5.41) is 3.35. The zero-order valence-corrected chi connectivity index (χ0v) is 14.2. The van der Waals surface area contributed by atoms with Crippen molar-refractivity contribution >= 4 is 11.8 Å². The molecule has 0 atom stereocenters. The fraction of sp³-hybridized carbons (Fsp3) is 0.444. The van der Waals surface area contributed by atoms with E-state index in [1.54, 1.807) is 0 Å². The Hall–Kier alpha value is -2.14. The molecule has 0 saturated carbocycles. The highest BCUT2D eigenvalue weighted by Crippen LogP contribution is 2.17. The molecule has 0 amide bonds. The van der Waals surface area contributed by atoms with E-state index in [2.05, 4.69) is 64.4 Å². The van der Waals surface area contributed by atoms with Crippen LogP contribution in [0, 0.1) is 13.8 Å². The highest BCUT2D eigenvalue weighted by Gasteiger charge is 2.16. The minimum Gasteiger partial charge on any atom is -0.354 e. The van der Waals surface area contributed by atoms with Crippen LogP contribution in [0.4, 0.5) is 11.8 Å². The molecular weight excluding hydrogens is 286 g/mol. The fourth-order valence-corrected chi connectivity index (χ4v) is 2.72. The molecular formula is C18H25N5. The van der Waals surface area contributed by atoms with Gasteiger partial charge >= 0.3 is 0 Å². The summed E-state index contributed by atoms with van der Waals surface area (Å²) < 4.78 is 0. The van der Waals surface area contributed by atoms with Crippen LogP contribution < -0.4 is 10.2 Å². The van der Waals surface area contributed by atoms with E-state index in [0.29, 0.717) is 5.95 Å². The second-order valence-corrected chi connectivity index (χ2v) is 6.32. The molecule has 1 saturated heterocycles. The number of benzene rings is 1. The molecule has 0 aliphatic carbocycles. The molecule has 1 aromatic carbocycles. The quantitative estimate of drug-likeness (QED) is 0.939. The molecule has 1 aliphatic heterocycles. The fourth-order valence-electron chi connectivity index (χ4n) is 2.72. The van der Waals surface area contributed by atoms with Gasteiger partial charge in [-0.2, -0.15) is 4.98 Å². The SMILES string of the molecule is Cc1ccc(CNc2nc(C)cc(N3CCN(C)CC3)n2)cc1. The van der Waals surface area contributed by atoms with Crippen LogP contribution in [0.25, 0.3) is 0 Å². The third-order valence-electron chi connectivity index (χ3n) is 4.24. The third kappa shape index (κ3) is 4.20. The number of piperazine rings is 1. The second-order valence-electron chi connectivity index (χ2n) is 6.32. The number of hydrogen-bond donors (Lipinski definition) is 1.